The van der Waals surface area contributed by atoms with Crippen molar-refractivity contribution in [3.05, 3.63) is 48.0 Å². The molecule has 3 N–H and O–H groups in total. The molecule has 1 aliphatic heterocycles. The molecule has 1 aromatic carbocycles. The van der Waals surface area contributed by atoms with E-state index in [-0.39, 0.29) is 12.1 Å². The minimum Gasteiger partial charge on any atom is -0.445 e. The van der Waals surface area contributed by atoms with Crippen molar-refractivity contribution in [3.63, 3.8) is 0 Å². The van der Waals surface area contributed by atoms with Crippen molar-refractivity contribution in [1.29, 1.82) is 0 Å². The van der Waals surface area contributed by atoms with Crippen LogP contribution in [0, 0.1) is 5.92 Å². The van der Waals surface area contributed by atoms with E-state index in [0.29, 0.717) is 17.5 Å². The van der Waals surface area contributed by atoms with Crippen LogP contribution in [0.5, 0.6) is 0 Å². The zero-order valence-electron chi connectivity index (χ0n) is 14.8. The van der Waals surface area contributed by atoms with Crippen LogP contribution < -0.4 is 11.1 Å². The van der Waals surface area contributed by atoms with Gasteiger partial charge in [0.15, 0.2) is 0 Å². The van der Waals surface area contributed by atoms with E-state index >= 15 is 0 Å². The molecule has 0 saturated heterocycles. The first-order valence-corrected chi connectivity index (χ1v) is 9.48. The molecule has 1 atom stereocenters. The quantitative estimate of drug-likeness (QED) is 0.750. The van der Waals surface area contributed by atoms with E-state index in [1.807, 2.05) is 42.5 Å². The van der Waals surface area contributed by atoms with Gasteiger partial charge in [-0.3, -0.25) is 4.99 Å². The fourth-order valence-corrected chi connectivity index (χ4v) is 3.87. The van der Waals surface area contributed by atoms with Gasteiger partial charge in [-0.05, 0) is 55.7 Å². The van der Waals surface area contributed by atoms with E-state index in [9.17, 15) is 4.79 Å². The maximum Gasteiger partial charge on any atom is 0.407 e. The number of nitrogens with two attached hydrogens (primary N) is 1. The van der Waals surface area contributed by atoms with Gasteiger partial charge in [0.1, 0.15) is 17.1 Å². The third-order valence-electron chi connectivity index (χ3n) is 5.17. The number of carbonyl (C=O) groups excluding carboxylic acids is 1. The van der Waals surface area contributed by atoms with Gasteiger partial charge in [-0.25, -0.2) is 4.79 Å². The fourth-order valence-electron chi connectivity index (χ4n) is 3.67. The number of hydrogen-bond acceptors (Lipinski definition) is 4. The Hall–Kier alpha value is -2.21. The number of aliphatic imine (C=N–C) groups is 1. The summed E-state index contributed by atoms with van der Waals surface area (Å²) in [7, 11) is 0. The number of allylic oxidation sites excluding steroid dienone is 1. The SMILES string of the molecule is NC(=S)C1(CC2CCC(NC(=O)OCc3ccccc3)CC2)C=CC=N1. The van der Waals surface area contributed by atoms with Crippen molar-refractivity contribution in [2.75, 3.05) is 0 Å². The second-order valence-corrected chi connectivity index (χ2v) is 7.49. The summed E-state index contributed by atoms with van der Waals surface area (Å²) in [6.07, 6.45) is 10.1. The number of benzene rings is 1. The molecule has 1 fully saturated rings. The van der Waals surface area contributed by atoms with Crippen LogP contribution in [0.1, 0.15) is 37.7 Å². The first-order valence-electron chi connectivity index (χ1n) is 9.07. The lowest BCUT2D eigenvalue weighted by atomic mass is 9.78. The number of nitrogens with one attached hydrogen (secondary N) is 1. The van der Waals surface area contributed by atoms with E-state index in [4.69, 9.17) is 22.7 Å². The molecule has 1 amide bonds. The van der Waals surface area contributed by atoms with E-state index in [1.54, 1.807) is 6.21 Å². The van der Waals surface area contributed by atoms with Gasteiger partial charge in [0.25, 0.3) is 0 Å². The van der Waals surface area contributed by atoms with Crippen LogP contribution in [0.2, 0.25) is 0 Å². The molecule has 2 aliphatic rings. The Labute approximate surface area is 159 Å². The van der Waals surface area contributed by atoms with Crippen molar-refractivity contribution in [3.8, 4) is 0 Å². The summed E-state index contributed by atoms with van der Waals surface area (Å²) >= 11 is 5.22. The average molecular weight is 372 g/mol. The van der Waals surface area contributed by atoms with Gasteiger partial charge in [-0.15, -0.1) is 0 Å². The van der Waals surface area contributed by atoms with Gasteiger partial charge in [-0.2, -0.15) is 0 Å². The minimum absolute atomic E-state index is 0.165. The zero-order valence-corrected chi connectivity index (χ0v) is 15.6. The second kappa shape index (κ2) is 8.45. The maximum absolute atomic E-state index is 12.0. The van der Waals surface area contributed by atoms with Gasteiger partial charge >= 0.3 is 6.09 Å². The van der Waals surface area contributed by atoms with Gasteiger partial charge in [0.05, 0.1) is 0 Å². The number of hydrogen-bond donors (Lipinski definition) is 2. The Morgan fingerprint density at radius 1 is 1.27 bits per heavy atom. The monoisotopic (exact) mass is 371 g/mol. The molecule has 1 aliphatic carbocycles. The molecule has 1 saturated carbocycles. The van der Waals surface area contributed by atoms with Crippen LogP contribution in [0.4, 0.5) is 4.79 Å². The molecule has 0 spiro atoms. The molecule has 0 bridgehead atoms. The van der Waals surface area contributed by atoms with Crippen LogP contribution in [0.15, 0.2) is 47.5 Å². The van der Waals surface area contributed by atoms with Gasteiger partial charge in [0.2, 0.25) is 0 Å². The molecule has 138 valence electrons. The maximum atomic E-state index is 12.0. The summed E-state index contributed by atoms with van der Waals surface area (Å²) in [5.74, 6) is 0.509. The molecular weight excluding hydrogens is 346 g/mol. The highest BCUT2D eigenvalue weighted by Crippen LogP contribution is 2.34. The van der Waals surface area contributed by atoms with Crippen molar-refractivity contribution in [2.24, 2.45) is 16.6 Å². The normalized spacial score (nSPS) is 27.2. The van der Waals surface area contributed by atoms with Crippen molar-refractivity contribution >= 4 is 29.5 Å². The first-order chi connectivity index (χ1) is 12.6. The third kappa shape index (κ3) is 4.69. The number of nitrogens with zero attached hydrogens (tertiary/aromatic N) is 1. The van der Waals surface area contributed by atoms with Crippen molar-refractivity contribution < 1.29 is 9.53 Å². The molecule has 1 heterocycles. The van der Waals surface area contributed by atoms with Gasteiger partial charge in [0, 0.05) is 12.3 Å². The van der Waals surface area contributed by atoms with E-state index in [0.717, 1.165) is 37.7 Å². The van der Waals surface area contributed by atoms with Crippen LogP contribution >= 0.6 is 12.2 Å². The molecule has 0 radical (unpaired) electrons. The Balaban J connectivity index is 1.41. The van der Waals surface area contributed by atoms with Crippen LogP contribution in [-0.2, 0) is 11.3 Å². The lowest BCUT2D eigenvalue weighted by molar-refractivity contribution is 0.130. The summed E-state index contributed by atoms with van der Waals surface area (Å²) in [5, 5.41) is 2.98. The number of carbonyl (C=O) groups is 1. The van der Waals surface area contributed by atoms with Gasteiger partial charge < -0.3 is 15.8 Å². The van der Waals surface area contributed by atoms with E-state index in [1.165, 1.54) is 0 Å². The van der Waals surface area contributed by atoms with Crippen molar-refractivity contribution in [2.45, 2.75) is 50.3 Å². The zero-order chi connectivity index (χ0) is 18.4. The van der Waals surface area contributed by atoms with Gasteiger partial charge in [-0.1, -0.05) is 42.5 Å². The number of alkyl carbamates (subject to hydrolysis) is 1. The molecule has 3 rings (SSSR count). The van der Waals surface area contributed by atoms with E-state index < -0.39 is 5.54 Å². The summed E-state index contributed by atoms with van der Waals surface area (Å²) in [5.41, 5.74) is 6.40. The molecule has 26 heavy (non-hydrogen) atoms. The standard InChI is InChI=1S/C20H25N3O2S/c21-18(26)20(11-4-12-22-20)13-15-7-9-17(10-8-15)23-19(24)25-14-16-5-2-1-3-6-16/h1-6,11-12,15,17H,7-10,13-14H2,(H2,21,26)(H,23,24). The molecule has 1 aromatic rings. The van der Waals surface area contributed by atoms with Crippen LogP contribution in [0.3, 0.4) is 0 Å². The third-order valence-corrected chi connectivity index (χ3v) is 5.52. The summed E-state index contributed by atoms with van der Waals surface area (Å²) in [6.45, 7) is 0.294. The predicted molar refractivity (Wildman–Crippen MR) is 107 cm³/mol. The summed E-state index contributed by atoms with van der Waals surface area (Å²) in [6, 6.07) is 9.85. The molecular formula is C20H25N3O2S. The average Bonchev–Trinajstić information content (AvgIpc) is 3.12. The lowest BCUT2D eigenvalue weighted by Crippen LogP contribution is -2.42. The molecule has 6 heteroatoms. The number of rotatable bonds is 6. The Bertz CT molecular complexity index is 682. The molecule has 1 unspecified atom stereocenters. The van der Waals surface area contributed by atoms with Crippen LogP contribution in [-0.4, -0.2) is 28.9 Å². The highest BCUT2D eigenvalue weighted by atomic mass is 32.1. The first kappa shape index (κ1) is 18.6. The second-order valence-electron chi connectivity index (χ2n) is 7.05. The lowest BCUT2D eigenvalue weighted by Gasteiger charge is -2.33. The van der Waals surface area contributed by atoms with E-state index in [2.05, 4.69) is 10.3 Å². The molecule has 5 nitrogen and oxygen atoms in total. The Morgan fingerprint density at radius 2 is 2.00 bits per heavy atom. The fraction of sp³-hybridized carbons (Fsp3) is 0.450. The summed E-state index contributed by atoms with van der Waals surface area (Å²) < 4.78 is 5.30. The predicted octanol–water partition coefficient (Wildman–Crippen LogP) is 3.53. The highest BCUT2D eigenvalue weighted by Gasteiger charge is 2.36. The Morgan fingerprint density at radius 3 is 2.62 bits per heavy atom. The smallest absolute Gasteiger partial charge is 0.407 e. The summed E-state index contributed by atoms with van der Waals surface area (Å²) in [4.78, 5) is 16.9. The topological polar surface area (TPSA) is 76.7 Å². The largest absolute Gasteiger partial charge is 0.445 e. The van der Waals surface area contributed by atoms with Crippen LogP contribution in [0.25, 0.3) is 0 Å². The Kier molecular flexibility index (Phi) is 6.04. The number of thiocarbonyl (C=S) groups is 1. The van der Waals surface area contributed by atoms with Crippen molar-refractivity contribution in [1.82, 2.24) is 5.32 Å². The highest BCUT2D eigenvalue weighted by molar-refractivity contribution is 7.80. The minimum atomic E-state index is -0.505. The number of amides is 1. The molecule has 0 aromatic heterocycles. The number of ether oxygens (including phenoxy) is 1.